The number of nitrogens with one attached hydrogen (secondary N) is 1. The van der Waals surface area contributed by atoms with Crippen LogP contribution in [0.5, 0.6) is 0 Å². The summed E-state index contributed by atoms with van der Waals surface area (Å²) in [6, 6.07) is 26.8. The molecule has 0 spiro atoms. The van der Waals surface area contributed by atoms with Crippen LogP contribution >= 0.6 is 34.8 Å². The Hall–Kier alpha value is -4.13. The number of amides is 1. The highest BCUT2D eigenvalue weighted by Crippen LogP contribution is 2.36. The summed E-state index contributed by atoms with van der Waals surface area (Å²) >= 11 is 18.1. The highest BCUT2D eigenvalue weighted by Gasteiger charge is 2.56. The van der Waals surface area contributed by atoms with Crippen LogP contribution in [0.1, 0.15) is 37.5 Å². The molecular formula is C44H50Cl3NO14. The van der Waals surface area contributed by atoms with Crippen molar-refractivity contribution in [2.24, 2.45) is 0 Å². The summed E-state index contributed by atoms with van der Waals surface area (Å²) in [5.74, 6) is -3.54. The Morgan fingerprint density at radius 3 is 1.65 bits per heavy atom. The van der Waals surface area contributed by atoms with Crippen LogP contribution in [-0.4, -0.2) is 109 Å². The number of rotatable bonds is 20. The maximum atomic E-state index is 13.4. The lowest BCUT2D eigenvalue weighted by atomic mass is 9.94. The number of esters is 3. The van der Waals surface area contributed by atoms with Crippen LogP contribution in [0.3, 0.4) is 0 Å². The summed E-state index contributed by atoms with van der Waals surface area (Å²) in [7, 11) is 0. The fraction of sp³-hybridized carbons (Fsp3) is 0.455. The smallest absolute Gasteiger partial charge is 0.303 e. The van der Waals surface area contributed by atoms with Crippen LogP contribution in [0.4, 0.5) is 0 Å². The van der Waals surface area contributed by atoms with Gasteiger partial charge < -0.3 is 52.7 Å². The molecule has 2 aliphatic rings. The molecule has 1 amide bonds. The van der Waals surface area contributed by atoms with Crippen molar-refractivity contribution < 1.29 is 66.5 Å². The first kappa shape index (κ1) is 48.9. The van der Waals surface area contributed by atoms with Crippen LogP contribution in [0.15, 0.2) is 104 Å². The fourth-order valence-electron chi connectivity index (χ4n) is 6.81. The third kappa shape index (κ3) is 14.7. The Morgan fingerprint density at radius 1 is 0.629 bits per heavy atom. The average molecular weight is 923 g/mol. The molecule has 5 rings (SSSR count). The van der Waals surface area contributed by atoms with Gasteiger partial charge in [0, 0.05) is 20.8 Å². The molecule has 10 atom stereocenters. The normalized spacial score (nSPS) is 26.2. The summed E-state index contributed by atoms with van der Waals surface area (Å²) in [6.45, 7) is 7.08. The Bertz CT molecular complexity index is 1890. The summed E-state index contributed by atoms with van der Waals surface area (Å²) in [4.78, 5) is 50.7. The third-order valence-corrected chi connectivity index (χ3v) is 10.00. The van der Waals surface area contributed by atoms with E-state index in [1.54, 1.807) is 0 Å². The molecule has 2 saturated heterocycles. The van der Waals surface area contributed by atoms with Crippen LogP contribution in [0, 0.1) is 0 Å². The van der Waals surface area contributed by atoms with Gasteiger partial charge in [0.25, 0.3) is 9.70 Å². The van der Waals surface area contributed by atoms with Crippen molar-refractivity contribution in [3.63, 3.8) is 0 Å². The Balaban J connectivity index is 1.60. The predicted octanol–water partition coefficient (Wildman–Crippen LogP) is 5.69. The molecular weight excluding hydrogens is 873 g/mol. The molecule has 0 aromatic heterocycles. The number of ether oxygens (including phenoxy) is 10. The molecule has 2 heterocycles. The first-order valence-corrected chi connectivity index (χ1v) is 20.8. The molecule has 336 valence electrons. The van der Waals surface area contributed by atoms with Crippen molar-refractivity contribution in [1.82, 2.24) is 5.32 Å². The van der Waals surface area contributed by atoms with Gasteiger partial charge in [-0.3, -0.25) is 19.2 Å². The lowest BCUT2D eigenvalue weighted by molar-refractivity contribution is -0.363. The third-order valence-electron chi connectivity index (χ3n) is 9.48. The molecule has 62 heavy (non-hydrogen) atoms. The zero-order valence-electron chi connectivity index (χ0n) is 34.3. The molecule has 0 saturated carbocycles. The summed E-state index contributed by atoms with van der Waals surface area (Å²) in [6.07, 6.45) is -9.95. The largest absolute Gasteiger partial charge is 0.463 e. The van der Waals surface area contributed by atoms with E-state index in [1.165, 1.54) is 6.08 Å². The van der Waals surface area contributed by atoms with E-state index in [4.69, 9.17) is 82.2 Å². The van der Waals surface area contributed by atoms with E-state index in [-0.39, 0.29) is 33.0 Å². The van der Waals surface area contributed by atoms with Crippen molar-refractivity contribution in [2.75, 3.05) is 19.8 Å². The van der Waals surface area contributed by atoms with Gasteiger partial charge in [-0.1, -0.05) is 132 Å². The van der Waals surface area contributed by atoms with E-state index >= 15 is 0 Å². The van der Waals surface area contributed by atoms with Crippen LogP contribution in [0.2, 0.25) is 0 Å². The maximum Gasteiger partial charge on any atom is 0.303 e. The van der Waals surface area contributed by atoms with Gasteiger partial charge in [-0.05, 0) is 16.7 Å². The summed E-state index contributed by atoms with van der Waals surface area (Å²) in [5, 5.41) is 2.53. The minimum atomic E-state index is -2.54. The SMILES string of the molecule is C=CCO[C@@H]1O[C@H](COCc2ccccc2)[C@@H](OCc2ccccc2)[C@H](OCc2ccccc2)[C@H]1O[C@@H]1O[C@H](COC(C)=O)[C@@H](OC(C)=O)[C@@H](OC(C)=O)[C@H]1NC(=O)C(Cl)(Cl)Cl. The van der Waals surface area contributed by atoms with Crippen molar-refractivity contribution in [3.05, 3.63) is 120 Å². The molecule has 2 aliphatic heterocycles. The van der Waals surface area contributed by atoms with Gasteiger partial charge in [-0.25, -0.2) is 0 Å². The average Bonchev–Trinajstić information content (AvgIpc) is 3.24. The minimum absolute atomic E-state index is 0.0190. The van der Waals surface area contributed by atoms with E-state index in [0.29, 0.717) is 0 Å². The highest BCUT2D eigenvalue weighted by atomic mass is 35.6. The molecule has 0 radical (unpaired) electrons. The summed E-state index contributed by atoms with van der Waals surface area (Å²) < 4.78 is 59.8. The second-order valence-corrected chi connectivity index (χ2v) is 16.6. The van der Waals surface area contributed by atoms with E-state index in [1.807, 2.05) is 91.0 Å². The molecule has 0 bridgehead atoms. The van der Waals surface area contributed by atoms with Crippen molar-refractivity contribution >= 4 is 58.6 Å². The van der Waals surface area contributed by atoms with Gasteiger partial charge in [-0.15, -0.1) is 6.58 Å². The maximum absolute atomic E-state index is 13.4. The Morgan fingerprint density at radius 2 is 1.13 bits per heavy atom. The fourth-order valence-corrected chi connectivity index (χ4v) is 6.97. The van der Waals surface area contributed by atoms with Crippen molar-refractivity contribution in [3.8, 4) is 0 Å². The lowest BCUT2D eigenvalue weighted by Gasteiger charge is -2.50. The van der Waals surface area contributed by atoms with Gasteiger partial charge in [-0.2, -0.15) is 0 Å². The van der Waals surface area contributed by atoms with Crippen molar-refractivity contribution in [1.29, 1.82) is 0 Å². The standard InChI is InChI=1S/C44H50Cl3NO14/c1-5-21-54-42-40(62-41-35(48-43(52)44(45,46)47)38(59-29(4)51)37(58-28(3)50)34(60-41)26-55-27(2)49)39(57-24-32-19-13-8-14-20-32)36(56-23-31-17-11-7-12-18-31)33(61-42)25-53-22-30-15-9-6-10-16-30/h5-20,33-42H,1,21-26H2,2-4H3,(H,48,52)/t33-,34-,35-,36-,37-,38+,39+,40-,41+,42-/m1/s1. The number of benzene rings is 3. The molecule has 0 unspecified atom stereocenters. The second kappa shape index (κ2) is 24.1. The minimum Gasteiger partial charge on any atom is -0.463 e. The predicted molar refractivity (Wildman–Crippen MR) is 224 cm³/mol. The number of hydrogen-bond donors (Lipinski definition) is 1. The topological polar surface area (TPSA) is 173 Å². The van der Waals surface area contributed by atoms with Gasteiger partial charge in [0.05, 0.1) is 33.0 Å². The van der Waals surface area contributed by atoms with Crippen LogP contribution < -0.4 is 5.32 Å². The zero-order valence-corrected chi connectivity index (χ0v) is 36.6. The van der Waals surface area contributed by atoms with Crippen molar-refractivity contribution in [2.45, 2.75) is 106 Å². The van der Waals surface area contributed by atoms with Crippen LogP contribution in [0.25, 0.3) is 0 Å². The van der Waals surface area contributed by atoms with E-state index in [9.17, 15) is 19.2 Å². The Labute approximate surface area is 375 Å². The lowest BCUT2D eigenvalue weighted by Crippen LogP contribution is -2.70. The molecule has 3 aromatic rings. The molecule has 1 N–H and O–H groups in total. The monoisotopic (exact) mass is 921 g/mol. The molecule has 15 nitrogen and oxygen atoms in total. The second-order valence-electron chi connectivity index (χ2n) is 14.3. The number of carbonyl (C=O) groups is 4. The first-order chi connectivity index (χ1) is 29.7. The van der Waals surface area contributed by atoms with E-state index in [2.05, 4.69) is 11.9 Å². The molecule has 0 aliphatic carbocycles. The van der Waals surface area contributed by atoms with Crippen LogP contribution in [-0.2, 0) is 86.4 Å². The molecule has 3 aromatic carbocycles. The number of carbonyl (C=O) groups excluding carboxylic acids is 4. The number of halogens is 3. The van der Waals surface area contributed by atoms with E-state index in [0.717, 1.165) is 37.5 Å². The quantitative estimate of drug-likeness (QED) is 0.0634. The highest BCUT2D eigenvalue weighted by molar-refractivity contribution is 6.76. The number of hydrogen-bond acceptors (Lipinski definition) is 14. The van der Waals surface area contributed by atoms with E-state index < -0.39 is 95.6 Å². The summed E-state index contributed by atoms with van der Waals surface area (Å²) in [5.41, 5.74) is 2.58. The Kier molecular flexibility index (Phi) is 19.0. The van der Waals surface area contributed by atoms with Gasteiger partial charge in [0.2, 0.25) is 0 Å². The molecule has 2 fully saturated rings. The van der Waals surface area contributed by atoms with Gasteiger partial charge in [0.15, 0.2) is 24.8 Å². The number of alkyl halides is 3. The first-order valence-electron chi connectivity index (χ1n) is 19.7. The molecule has 18 heteroatoms. The van der Waals surface area contributed by atoms with Gasteiger partial charge >= 0.3 is 17.9 Å². The van der Waals surface area contributed by atoms with Gasteiger partial charge in [0.1, 0.15) is 43.2 Å². The zero-order chi connectivity index (χ0) is 44.6.